The molecule has 16 heteroatoms. The average Bonchev–Trinajstić information content (AvgIpc) is 3.51. The molecule has 0 spiro atoms. The lowest BCUT2D eigenvalue weighted by Gasteiger charge is -2.04. The molecule has 2 aromatic heterocycles. The molecule has 0 bridgehead atoms. The highest BCUT2D eigenvalue weighted by Crippen LogP contribution is 2.35. The van der Waals surface area contributed by atoms with Gasteiger partial charge in [-0.2, -0.15) is 27.1 Å². The third-order valence-electron chi connectivity index (χ3n) is 4.95. The fraction of sp³-hybridized carbons (Fsp3) is 0.238. The van der Waals surface area contributed by atoms with Crippen LogP contribution < -0.4 is 16.7 Å². The molecule has 4 rings (SSSR count). The van der Waals surface area contributed by atoms with E-state index < -0.39 is 29.7 Å². The van der Waals surface area contributed by atoms with Gasteiger partial charge in [0.15, 0.2) is 0 Å². The zero-order valence-electron chi connectivity index (χ0n) is 18.5. The highest BCUT2D eigenvalue weighted by molar-refractivity contribution is 7.15. The number of rotatable bonds is 6. The van der Waals surface area contributed by atoms with Crippen molar-refractivity contribution in [3.05, 3.63) is 69.0 Å². The number of nitrogens with one attached hydrogen (secondary N) is 1. The second-order valence-electron chi connectivity index (χ2n) is 7.55. The lowest BCUT2D eigenvalue weighted by Crippen LogP contribution is -2.27. The Balaban J connectivity index is 0.000000479. The van der Waals surface area contributed by atoms with Crippen LogP contribution in [0.1, 0.15) is 10.4 Å². The second-order valence-corrected chi connectivity index (χ2v) is 8.72. The van der Waals surface area contributed by atoms with E-state index in [-0.39, 0.29) is 43.2 Å². The first-order valence-corrected chi connectivity index (χ1v) is 11.0. The van der Waals surface area contributed by atoms with Crippen LogP contribution in [0, 0.1) is 5.82 Å². The zero-order chi connectivity index (χ0) is 27.5. The molecule has 3 heterocycles. The van der Waals surface area contributed by atoms with Gasteiger partial charge in [-0.15, -0.1) is 11.3 Å². The van der Waals surface area contributed by atoms with Gasteiger partial charge in [0.25, 0.3) is 6.08 Å². The van der Waals surface area contributed by atoms with Crippen molar-refractivity contribution >= 4 is 28.9 Å². The van der Waals surface area contributed by atoms with Crippen molar-refractivity contribution < 1.29 is 41.0 Å². The molecule has 4 N–H and O–H groups in total. The summed E-state index contributed by atoms with van der Waals surface area (Å²) in [5, 5.41) is 13.5. The fourth-order valence-electron chi connectivity index (χ4n) is 3.20. The number of amides is 1. The molecular weight excluding hydrogens is 532 g/mol. The molecule has 1 aliphatic rings. The van der Waals surface area contributed by atoms with Crippen LogP contribution in [-0.4, -0.2) is 44.1 Å². The Kier molecular flexibility index (Phi) is 8.22. The first kappa shape index (κ1) is 27.7. The summed E-state index contributed by atoms with van der Waals surface area (Å²) >= 11 is 1.36. The molecule has 0 atom stereocenters. The SMILES string of the molecule is NCC(Cn1ncn(Cc2ccc(-c3cc(F)c4c(c3)CC(=O)N4)s2)c1=O)=C(F)F.O=C(O)C(F)(F)F. The van der Waals surface area contributed by atoms with Gasteiger partial charge < -0.3 is 16.2 Å². The number of nitrogens with two attached hydrogens (primary N) is 1. The Bertz CT molecular complexity index is 1420. The van der Waals surface area contributed by atoms with Crippen LogP contribution in [0.5, 0.6) is 0 Å². The quantitative estimate of drug-likeness (QED) is 0.405. The second kappa shape index (κ2) is 11.0. The van der Waals surface area contributed by atoms with Gasteiger partial charge in [-0.05, 0) is 35.4 Å². The number of halogens is 6. The number of hydrogen-bond acceptors (Lipinski definition) is 6. The minimum atomic E-state index is -5.08. The summed E-state index contributed by atoms with van der Waals surface area (Å²) in [5.74, 6) is -3.50. The number of anilines is 1. The molecular formula is C21H17F6N5O4S. The maximum Gasteiger partial charge on any atom is 0.490 e. The number of nitrogens with zero attached hydrogens (tertiary/aromatic N) is 3. The van der Waals surface area contributed by atoms with E-state index >= 15 is 0 Å². The number of carbonyl (C=O) groups excluding carboxylic acids is 1. The molecule has 0 saturated heterocycles. The van der Waals surface area contributed by atoms with Gasteiger partial charge in [0, 0.05) is 21.9 Å². The van der Waals surface area contributed by atoms with Gasteiger partial charge in [-0.25, -0.2) is 18.7 Å². The molecule has 37 heavy (non-hydrogen) atoms. The lowest BCUT2D eigenvalue weighted by molar-refractivity contribution is -0.192. The van der Waals surface area contributed by atoms with Crippen molar-refractivity contribution in [1.29, 1.82) is 0 Å². The highest BCUT2D eigenvalue weighted by Gasteiger charge is 2.38. The summed E-state index contributed by atoms with van der Waals surface area (Å²) in [6.07, 6.45) is -5.59. The molecule has 1 amide bonds. The predicted octanol–water partition coefficient (Wildman–Crippen LogP) is 3.20. The van der Waals surface area contributed by atoms with E-state index in [1.807, 2.05) is 0 Å². The molecule has 1 aromatic carbocycles. The smallest absolute Gasteiger partial charge is 0.475 e. The zero-order valence-corrected chi connectivity index (χ0v) is 19.3. The summed E-state index contributed by atoms with van der Waals surface area (Å²) < 4.78 is 73.8. The molecule has 198 valence electrons. The number of fused-ring (bicyclic) bond motifs is 1. The van der Waals surface area contributed by atoms with Crippen LogP contribution in [0.25, 0.3) is 10.4 Å². The molecule has 3 aromatic rings. The van der Waals surface area contributed by atoms with Crippen LogP contribution in [0.2, 0.25) is 0 Å². The Morgan fingerprint density at radius 2 is 1.89 bits per heavy atom. The molecule has 0 unspecified atom stereocenters. The number of thiophene rings is 1. The maximum atomic E-state index is 14.3. The van der Waals surface area contributed by atoms with Gasteiger partial charge in [0.2, 0.25) is 5.91 Å². The molecule has 0 fully saturated rings. The van der Waals surface area contributed by atoms with Gasteiger partial charge in [0.1, 0.15) is 12.1 Å². The number of aliphatic carboxylic acids is 1. The summed E-state index contributed by atoms with van der Waals surface area (Å²) in [6, 6.07) is 6.72. The van der Waals surface area contributed by atoms with Gasteiger partial charge in [-0.1, -0.05) is 0 Å². The maximum absolute atomic E-state index is 14.3. The highest BCUT2D eigenvalue weighted by atomic mass is 32.1. The van der Waals surface area contributed by atoms with Crippen LogP contribution in [0.3, 0.4) is 0 Å². The van der Waals surface area contributed by atoms with E-state index in [1.165, 1.54) is 28.3 Å². The normalized spacial score (nSPS) is 12.5. The number of carboxylic acid groups (broad SMARTS) is 1. The van der Waals surface area contributed by atoms with Crippen LogP contribution in [-0.2, 0) is 29.1 Å². The van der Waals surface area contributed by atoms with E-state index in [4.69, 9.17) is 15.6 Å². The summed E-state index contributed by atoms with van der Waals surface area (Å²) in [4.78, 5) is 34.4. The standard InChI is InChI=1S/C19H16F3N5O2S.C2HF3O2/c20-14-4-10(3-11-5-16(28)25-17(11)14)15-2-1-13(30-15)8-26-9-24-27(19(26)29)7-12(6-23)18(21)22;3-2(4,5)1(6)7/h1-4,9H,5-8,23H2,(H,25,28);(H,6,7). The van der Waals surface area contributed by atoms with Gasteiger partial charge >= 0.3 is 17.8 Å². The Morgan fingerprint density at radius 3 is 2.49 bits per heavy atom. The lowest BCUT2D eigenvalue weighted by atomic mass is 10.1. The van der Waals surface area contributed by atoms with Gasteiger partial charge in [-0.3, -0.25) is 9.36 Å². The molecule has 1 aliphatic heterocycles. The van der Waals surface area contributed by atoms with E-state index in [0.29, 0.717) is 11.1 Å². The van der Waals surface area contributed by atoms with Crippen molar-refractivity contribution in [1.82, 2.24) is 14.3 Å². The number of hydrogen-bond donors (Lipinski definition) is 3. The van der Waals surface area contributed by atoms with Crippen molar-refractivity contribution in [2.45, 2.75) is 25.7 Å². The van der Waals surface area contributed by atoms with Crippen molar-refractivity contribution in [3.8, 4) is 10.4 Å². The third-order valence-corrected chi connectivity index (χ3v) is 6.07. The minimum absolute atomic E-state index is 0.131. The Morgan fingerprint density at radius 1 is 1.22 bits per heavy atom. The molecule has 0 radical (unpaired) electrons. The number of alkyl halides is 3. The van der Waals surface area contributed by atoms with Crippen molar-refractivity contribution in [2.75, 3.05) is 11.9 Å². The Hall–Kier alpha value is -3.92. The molecule has 0 aliphatic carbocycles. The number of carboxylic acids is 1. The number of aromatic nitrogens is 3. The van der Waals surface area contributed by atoms with Crippen molar-refractivity contribution in [2.24, 2.45) is 5.73 Å². The summed E-state index contributed by atoms with van der Waals surface area (Å²) in [7, 11) is 0. The predicted molar refractivity (Wildman–Crippen MR) is 120 cm³/mol. The van der Waals surface area contributed by atoms with E-state index in [2.05, 4.69) is 10.4 Å². The number of benzene rings is 1. The van der Waals surface area contributed by atoms with Crippen molar-refractivity contribution in [3.63, 3.8) is 0 Å². The monoisotopic (exact) mass is 549 g/mol. The average molecular weight is 549 g/mol. The topological polar surface area (TPSA) is 132 Å². The van der Waals surface area contributed by atoms with E-state index in [9.17, 15) is 35.9 Å². The van der Waals surface area contributed by atoms with Crippen LogP contribution in [0.15, 0.2) is 47.0 Å². The minimum Gasteiger partial charge on any atom is -0.475 e. The number of carbonyl (C=O) groups is 2. The summed E-state index contributed by atoms with van der Waals surface area (Å²) in [5.41, 5.74) is 5.84. The largest absolute Gasteiger partial charge is 0.490 e. The fourth-order valence-corrected chi connectivity index (χ4v) is 4.19. The van der Waals surface area contributed by atoms with E-state index in [0.717, 1.165) is 14.4 Å². The Labute approximate surface area is 207 Å². The molecule has 0 saturated carbocycles. The molecule has 9 nitrogen and oxygen atoms in total. The summed E-state index contributed by atoms with van der Waals surface area (Å²) in [6.45, 7) is -0.549. The van der Waals surface area contributed by atoms with Crippen LogP contribution in [0.4, 0.5) is 32.0 Å². The van der Waals surface area contributed by atoms with Crippen LogP contribution >= 0.6 is 11.3 Å². The first-order chi connectivity index (χ1) is 17.3. The first-order valence-electron chi connectivity index (χ1n) is 10.2. The van der Waals surface area contributed by atoms with E-state index in [1.54, 1.807) is 18.2 Å². The third kappa shape index (κ3) is 6.65. The van der Waals surface area contributed by atoms with Gasteiger partial charge in [0.05, 0.1) is 25.2 Å².